The molecular formula is C16H21N3O3. The van der Waals surface area contributed by atoms with Crippen molar-refractivity contribution in [1.29, 1.82) is 0 Å². The summed E-state index contributed by atoms with van der Waals surface area (Å²) in [6, 6.07) is 7.71. The van der Waals surface area contributed by atoms with Crippen LogP contribution in [-0.2, 0) is 16.6 Å². The Morgan fingerprint density at radius 3 is 2.64 bits per heavy atom. The van der Waals surface area contributed by atoms with Crippen molar-refractivity contribution in [3.63, 3.8) is 0 Å². The fourth-order valence-corrected chi connectivity index (χ4v) is 2.34. The number of hydrogen-bond donors (Lipinski definition) is 3. The molecule has 118 valence electrons. The number of para-hydroxylation sites is 1. The highest BCUT2D eigenvalue weighted by atomic mass is 16.3. The Kier molecular flexibility index (Phi) is 5.16. The zero-order valence-electron chi connectivity index (χ0n) is 12.8. The number of benzene rings is 1. The molecule has 1 aromatic heterocycles. The lowest BCUT2D eigenvalue weighted by atomic mass is 10.1. The van der Waals surface area contributed by atoms with Gasteiger partial charge in [0.15, 0.2) is 0 Å². The van der Waals surface area contributed by atoms with Gasteiger partial charge in [0.05, 0.1) is 6.10 Å². The molecule has 1 unspecified atom stereocenters. The quantitative estimate of drug-likeness (QED) is 0.716. The molecule has 0 radical (unpaired) electrons. The molecule has 0 spiro atoms. The van der Waals surface area contributed by atoms with E-state index in [2.05, 4.69) is 10.6 Å². The SMILES string of the molecule is CCCNC(=O)C(=O)NCC(O)c1cn(C)c2ccccc12. The molecule has 0 bridgehead atoms. The maximum absolute atomic E-state index is 11.6. The Bertz CT molecular complexity index is 678. The molecule has 6 heteroatoms. The second-order valence-electron chi connectivity index (χ2n) is 5.19. The van der Waals surface area contributed by atoms with Crippen molar-refractivity contribution in [3.8, 4) is 0 Å². The molecule has 1 aromatic carbocycles. The first-order valence-electron chi connectivity index (χ1n) is 7.32. The van der Waals surface area contributed by atoms with E-state index in [1.54, 1.807) is 0 Å². The molecule has 2 aromatic rings. The van der Waals surface area contributed by atoms with Gasteiger partial charge in [-0.2, -0.15) is 0 Å². The van der Waals surface area contributed by atoms with Crippen LogP contribution in [0.15, 0.2) is 30.5 Å². The lowest BCUT2D eigenvalue weighted by Gasteiger charge is -2.11. The fraction of sp³-hybridized carbons (Fsp3) is 0.375. The minimum Gasteiger partial charge on any atom is -0.386 e. The first-order valence-corrected chi connectivity index (χ1v) is 7.32. The van der Waals surface area contributed by atoms with Crippen molar-refractivity contribution >= 4 is 22.7 Å². The molecule has 3 N–H and O–H groups in total. The van der Waals surface area contributed by atoms with E-state index in [0.717, 1.165) is 22.9 Å². The topological polar surface area (TPSA) is 83.4 Å². The van der Waals surface area contributed by atoms with E-state index < -0.39 is 17.9 Å². The summed E-state index contributed by atoms with van der Waals surface area (Å²) in [6.07, 6.45) is 1.73. The van der Waals surface area contributed by atoms with Crippen molar-refractivity contribution < 1.29 is 14.7 Å². The molecule has 1 atom stereocenters. The molecule has 22 heavy (non-hydrogen) atoms. The van der Waals surface area contributed by atoms with Crippen LogP contribution in [0.5, 0.6) is 0 Å². The van der Waals surface area contributed by atoms with Gasteiger partial charge in [-0.05, 0) is 12.5 Å². The lowest BCUT2D eigenvalue weighted by molar-refractivity contribution is -0.139. The van der Waals surface area contributed by atoms with Crippen molar-refractivity contribution in [2.24, 2.45) is 7.05 Å². The highest BCUT2D eigenvalue weighted by Gasteiger charge is 2.18. The number of hydrogen-bond acceptors (Lipinski definition) is 3. The van der Waals surface area contributed by atoms with E-state index in [1.807, 2.05) is 49.0 Å². The zero-order valence-corrected chi connectivity index (χ0v) is 12.8. The van der Waals surface area contributed by atoms with Crippen LogP contribution in [0, 0.1) is 0 Å². The number of nitrogens with one attached hydrogen (secondary N) is 2. The van der Waals surface area contributed by atoms with Crippen molar-refractivity contribution in [1.82, 2.24) is 15.2 Å². The Morgan fingerprint density at radius 2 is 1.91 bits per heavy atom. The second kappa shape index (κ2) is 7.09. The Hall–Kier alpha value is -2.34. The lowest BCUT2D eigenvalue weighted by Crippen LogP contribution is -2.41. The van der Waals surface area contributed by atoms with Crippen LogP contribution in [0.25, 0.3) is 10.9 Å². The molecule has 0 fully saturated rings. The van der Waals surface area contributed by atoms with Gasteiger partial charge in [-0.25, -0.2) is 0 Å². The van der Waals surface area contributed by atoms with Crippen LogP contribution in [-0.4, -0.2) is 34.6 Å². The number of aliphatic hydroxyl groups excluding tert-OH is 1. The second-order valence-corrected chi connectivity index (χ2v) is 5.19. The molecule has 6 nitrogen and oxygen atoms in total. The summed E-state index contributed by atoms with van der Waals surface area (Å²) >= 11 is 0. The Morgan fingerprint density at radius 1 is 1.23 bits per heavy atom. The van der Waals surface area contributed by atoms with Gasteiger partial charge in [0, 0.05) is 42.8 Å². The van der Waals surface area contributed by atoms with Crippen LogP contribution < -0.4 is 10.6 Å². The largest absolute Gasteiger partial charge is 0.386 e. The highest BCUT2D eigenvalue weighted by Crippen LogP contribution is 2.25. The van der Waals surface area contributed by atoms with Crippen LogP contribution >= 0.6 is 0 Å². The van der Waals surface area contributed by atoms with Crippen LogP contribution in [0.3, 0.4) is 0 Å². The minimum absolute atomic E-state index is 0.00755. The third-order valence-corrected chi connectivity index (χ3v) is 3.48. The van der Waals surface area contributed by atoms with Gasteiger partial charge in [0.2, 0.25) is 0 Å². The van der Waals surface area contributed by atoms with Gasteiger partial charge in [-0.1, -0.05) is 25.1 Å². The van der Waals surface area contributed by atoms with E-state index in [-0.39, 0.29) is 6.54 Å². The number of carbonyl (C=O) groups is 2. The monoisotopic (exact) mass is 303 g/mol. The van der Waals surface area contributed by atoms with E-state index in [1.165, 1.54) is 0 Å². The van der Waals surface area contributed by atoms with Gasteiger partial charge in [0.1, 0.15) is 0 Å². The molecule has 2 amide bonds. The van der Waals surface area contributed by atoms with Crippen LogP contribution in [0.1, 0.15) is 25.0 Å². The Balaban J connectivity index is 2.01. The maximum atomic E-state index is 11.6. The summed E-state index contributed by atoms with van der Waals surface area (Å²) in [6.45, 7) is 2.35. The number of nitrogens with zero attached hydrogens (tertiary/aromatic N) is 1. The molecule has 0 saturated carbocycles. The van der Waals surface area contributed by atoms with Gasteiger partial charge < -0.3 is 20.3 Å². The summed E-state index contributed by atoms with van der Waals surface area (Å²) in [5, 5.41) is 16.2. The number of aryl methyl sites for hydroxylation is 1. The van der Waals surface area contributed by atoms with Crippen molar-refractivity contribution in [2.45, 2.75) is 19.4 Å². The average molecular weight is 303 g/mol. The molecular weight excluding hydrogens is 282 g/mol. The molecule has 0 aliphatic carbocycles. The first kappa shape index (κ1) is 16.0. The summed E-state index contributed by atoms with van der Waals surface area (Å²) in [7, 11) is 1.90. The molecule has 0 aliphatic heterocycles. The van der Waals surface area contributed by atoms with Crippen LogP contribution in [0.2, 0.25) is 0 Å². The maximum Gasteiger partial charge on any atom is 0.309 e. The van der Waals surface area contributed by atoms with E-state index in [0.29, 0.717) is 6.54 Å². The molecule has 1 heterocycles. The standard InChI is InChI=1S/C16H21N3O3/c1-3-8-17-15(21)16(22)18-9-14(20)12-10-19(2)13-7-5-4-6-11(12)13/h4-7,10,14,20H,3,8-9H2,1-2H3,(H,17,21)(H,18,22). The minimum atomic E-state index is -0.867. The average Bonchev–Trinajstić information content (AvgIpc) is 2.87. The van der Waals surface area contributed by atoms with E-state index in [4.69, 9.17) is 0 Å². The van der Waals surface area contributed by atoms with E-state index >= 15 is 0 Å². The third-order valence-electron chi connectivity index (χ3n) is 3.48. The first-order chi connectivity index (χ1) is 10.5. The predicted molar refractivity (Wildman–Crippen MR) is 84.2 cm³/mol. The highest BCUT2D eigenvalue weighted by molar-refractivity contribution is 6.35. The number of aromatic nitrogens is 1. The van der Waals surface area contributed by atoms with Gasteiger partial charge >= 0.3 is 11.8 Å². The van der Waals surface area contributed by atoms with E-state index in [9.17, 15) is 14.7 Å². The summed E-state index contributed by atoms with van der Waals surface area (Å²) < 4.78 is 1.92. The number of fused-ring (bicyclic) bond motifs is 1. The zero-order chi connectivity index (χ0) is 16.1. The van der Waals surface area contributed by atoms with Crippen LogP contribution in [0.4, 0.5) is 0 Å². The third kappa shape index (κ3) is 3.46. The molecule has 0 saturated heterocycles. The van der Waals surface area contributed by atoms with Gasteiger partial charge in [0.25, 0.3) is 0 Å². The number of rotatable bonds is 5. The van der Waals surface area contributed by atoms with Crippen molar-refractivity contribution in [3.05, 3.63) is 36.0 Å². The Labute approximate surface area is 129 Å². The summed E-state index contributed by atoms with van der Waals surface area (Å²) in [5.74, 6) is -1.40. The normalized spacial score (nSPS) is 12.1. The molecule has 0 aliphatic rings. The van der Waals surface area contributed by atoms with Gasteiger partial charge in [-0.3, -0.25) is 9.59 Å². The number of carbonyl (C=O) groups excluding carboxylic acids is 2. The molecule has 2 rings (SSSR count). The summed E-state index contributed by atoms with van der Waals surface area (Å²) in [4.78, 5) is 23.1. The van der Waals surface area contributed by atoms with Gasteiger partial charge in [-0.15, -0.1) is 0 Å². The number of aliphatic hydroxyl groups is 1. The fourth-order valence-electron chi connectivity index (χ4n) is 2.34. The predicted octanol–water partition coefficient (Wildman–Crippen LogP) is 0.854. The smallest absolute Gasteiger partial charge is 0.309 e. The summed E-state index contributed by atoms with van der Waals surface area (Å²) in [5.41, 5.74) is 1.73. The number of amides is 2. The van der Waals surface area contributed by atoms with Crippen molar-refractivity contribution in [2.75, 3.05) is 13.1 Å².